The Bertz CT molecular complexity index is 652. The van der Waals surface area contributed by atoms with Crippen LogP contribution in [0.15, 0.2) is 39.5 Å². The Kier molecular flexibility index (Phi) is 4.34. The highest BCUT2D eigenvalue weighted by Crippen LogP contribution is 2.23. The Labute approximate surface area is 103 Å². The van der Waals surface area contributed by atoms with Gasteiger partial charge in [-0.25, -0.2) is 0 Å². The molecule has 0 atom stereocenters. The quantitative estimate of drug-likeness (QED) is 0.404. The van der Waals surface area contributed by atoms with Crippen molar-refractivity contribution < 1.29 is 25.9 Å². The molecule has 100 valence electrons. The second-order valence-corrected chi connectivity index (χ2v) is 5.87. The summed E-state index contributed by atoms with van der Waals surface area (Å²) in [7, 11) is -8.70. The van der Waals surface area contributed by atoms with Crippen LogP contribution in [0.1, 0.15) is 0 Å². The van der Waals surface area contributed by atoms with E-state index in [9.17, 15) is 16.8 Å². The predicted molar refractivity (Wildman–Crippen MR) is 60.3 cm³/mol. The summed E-state index contributed by atoms with van der Waals surface area (Å²) in [4.78, 5) is -0.470. The molecule has 1 aromatic rings. The van der Waals surface area contributed by atoms with Gasteiger partial charge in [0.1, 0.15) is 10.6 Å². The first-order valence-corrected chi connectivity index (χ1v) is 7.40. The van der Waals surface area contributed by atoms with Gasteiger partial charge in [-0.2, -0.15) is 16.8 Å². The molecule has 18 heavy (non-hydrogen) atoms. The molecule has 0 aliphatic carbocycles. The van der Waals surface area contributed by atoms with Crippen LogP contribution >= 0.6 is 0 Å². The number of nitrogens with one attached hydrogen (secondary N) is 1. The van der Waals surface area contributed by atoms with Gasteiger partial charge in [-0.15, -0.1) is 5.11 Å². The molecule has 1 aromatic carbocycles. The zero-order chi connectivity index (χ0) is 13.8. The fourth-order valence-electron chi connectivity index (χ4n) is 0.958. The second kappa shape index (κ2) is 5.39. The van der Waals surface area contributed by atoms with Crippen LogP contribution in [0.5, 0.6) is 0 Å². The number of hydrogen-bond acceptors (Lipinski definition) is 6. The van der Waals surface area contributed by atoms with Gasteiger partial charge in [-0.1, -0.05) is 17.4 Å². The van der Waals surface area contributed by atoms with E-state index in [4.69, 9.17) is 9.11 Å². The Morgan fingerprint density at radius 2 is 1.72 bits per heavy atom. The largest absolute Gasteiger partial charge is 0.296 e. The minimum absolute atomic E-state index is 0.178. The maximum Gasteiger partial charge on any atom is 0.296 e. The van der Waals surface area contributed by atoms with Crippen LogP contribution in [0, 0.1) is 0 Å². The van der Waals surface area contributed by atoms with Crippen LogP contribution in [0.4, 0.5) is 5.69 Å². The fourth-order valence-corrected chi connectivity index (χ4v) is 1.80. The number of rotatable bonds is 5. The highest BCUT2D eigenvalue weighted by atomic mass is 32.2. The van der Waals surface area contributed by atoms with Crippen molar-refractivity contribution in [1.82, 2.24) is 5.43 Å². The smallest absolute Gasteiger partial charge is 0.284 e. The molecule has 0 saturated heterocycles. The standard InChI is InChI=1S/C7H9N3O6S2/c11-17(12,13)5-8-10-9-6-3-1-2-4-7(6)18(14,15)16/h1-4H,5H2,(H,8,9)(H,11,12,13)(H,14,15,16). The molecule has 0 fully saturated rings. The van der Waals surface area contributed by atoms with Gasteiger partial charge in [0.2, 0.25) is 0 Å². The molecule has 0 radical (unpaired) electrons. The third-order valence-electron chi connectivity index (χ3n) is 1.62. The zero-order valence-corrected chi connectivity index (χ0v) is 10.4. The minimum atomic E-state index is -4.45. The van der Waals surface area contributed by atoms with Crippen LogP contribution < -0.4 is 5.43 Å². The van der Waals surface area contributed by atoms with Crippen molar-refractivity contribution in [2.24, 2.45) is 10.3 Å². The Balaban J connectivity index is 2.89. The summed E-state index contributed by atoms with van der Waals surface area (Å²) < 4.78 is 59.8. The molecule has 0 unspecified atom stereocenters. The topological polar surface area (TPSA) is 145 Å². The lowest BCUT2D eigenvalue weighted by Crippen LogP contribution is -2.16. The third kappa shape index (κ3) is 4.75. The molecule has 0 aromatic heterocycles. The van der Waals surface area contributed by atoms with Crippen molar-refractivity contribution in [3.63, 3.8) is 0 Å². The molecule has 0 aliphatic heterocycles. The fraction of sp³-hybridized carbons (Fsp3) is 0.143. The van der Waals surface area contributed by atoms with Crippen LogP contribution in [0.3, 0.4) is 0 Å². The first-order valence-electron chi connectivity index (χ1n) is 4.35. The molecule has 9 nitrogen and oxygen atoms in total. The van der Waals surface area contributed by atoms with Gasteiger partial charge in [0, 0.05) is 0 Å². The van der Waals surface area contributed by atoms with Gasteiger partial charge in [0.25, 0.3) is 20.2 Å². The van der Waals surface area contributed by atoms with Crippen molar-refractivity contribution in [1.29, 1.82) is 0 Å². The number of benzene rings is 1. The van der Waals surface area contributed by atoms with Crippen LogP contribution in [0.2, 0.25) is 0 Å². The predicted octanol–water partition coefficient (Wildman–Crippen LogP) is 0.367. The molecule has 0 spiro atoms. The average Bonchev–Trinajstić information content (AvgIpc) is 2.22. The first-order chi connectivity index (χ1) is 8.20. The third-order valence-corrected chi connectivity index (χ3v) is 3.01. The van der Waals surface area contributed by atoms with E-state index in [1.54, 1.807) is 0 Å². The molecule has 0 heterocycles. The summed E-state index contributed by atoms with van der Waals surface area (Å²) in [5.74, 6) is -0.870. The summed E-state index contributed by atoms with van der Waals surface area (Å²) >= 11 is 0. The van der Waals surface area contributed by atoms with Crippen molar-refractivity contribution in [3.8, 4) is 0 Å². The van der Waals surface area contributed by atoms with E-state index in [1.807, 2.05) is 5.43 Å². The van der Waals surface area contributed by atoms with E-state index >= 15 is 0 Å². The lowest BCUT2D eigenvalue weighted by Gasteiger charge is -2.00. The van der Waals surface area contributed by atoms with E-state index in [2.05, 4.69) is 10.3 Å². The summed E-state index contributed by atoms with van der Waals surface area (Å²) in [5, 5.41) is 6.54. The Morgan fingerprint density at radius 1 is 1.11 bits per heavy atom. The van der Waals surface area contributed by atoms with E-state index in [-0.39, 0.29) is 5.69 Å². The summed E-state index contributed by atoms with van der Waals surface area (Å²) in [6.07, 6.45) is 0. The highest BCUT2D eigenvalue weighted by molar-refractivity contribution is 7.86. The van der Waals surface area contributed by atoms with Gasteiger partial charge in [-0.3, -0.25) is 14.5 Å². The first kappa shape index (κ1) is 14.5. The van der Waals surface area contributed by atoms with E-state index < -0.39 is 31.0 Å². The van der Waals surface area contributed by atoms with Gasteiger partial charge in [0.05, 0.1) is 0 Å². The SMILES string of the molecule is O=S(=O)(O)CNN=Nc1ccccc1S(=O)(=O)O. The minimum Gasteiger partial charge on any atom is -0.284 e. The molecule has 0 saturated carbocycles. The van der Waals surface area contributed by atoms with Gasteiger partial charge < -0.3 is 0 Å². The highest BCUT2D eigenvalue weighted by Gasteiger charge is 2.14. The van der Waals surface area contributed by atoms with Crippen molar-refractivity contribution in [2.45, 2.75) is 4.90 Å². The summed E-state index contributed by atoms with van der Waals surface area (Å²) in [6, 6.07) is 5.17. The summed E-state index contributed by atoms with van der Waals surface area (Å²) in [5.41, 5.74) is 1.72. The lowest BCUT2D eigenvalue weighted by molar-refractivity contribution is 0.475. The Morgan fingerprint density at radius 3 is 2.28 bits per heavy atom. The van der Waals surface area contributed by atoms with E-state index in [0.29, 0.717) is 0 Å². The average molecular weight is 295 g/mol. The zero-order valence-electron chi connectivity index (χ0n) is 8.75. The molecule has 0 aliphatic rings. The number of hydrogen-bond donors (Lipinski definition) is 3. The maximum absolute atomic E-state index is 10.9. The molecule has 11 heteroatoms. The lowest BCUT2D eigenvalue weighted by atomic mass is 10.3. The van der Waals surface area contributed by atoms with Crippen molar-refractivity contribution >= 4 is 25.9 Å². The van der Waals surface area contributed by atoms with Crippen LogP contribution in [0.25, 0.3) is 0 Å². The molecule has 1 rings (SSSR count). The van der Waals surface area contributed by atoms with Crippen LogP contribution in [-0.2, 0) is 20.2 Å². The van der Waals surface area contributed by atoms with Crippen molar-refractivity contribution in [2.75, 3.05) is 5.88 Å². The van der Waals surface area contributed by atoms with Gasteiger partial charge >= 0.3 is 0 Å². The maximum atomic E-state index is 10.9. The molecule has 0 bridgehead atoms. The molecule has 0 amide bonds. The second-order valence-electron chi connectivity index (χ2n) is 3.03. The van der Waals surface area contributed by atoms with Gasteiger partial charge in [-0.05, 0) is 12.1 Å². The Hall–Kier alpha value is -1.56. The summed E-state index contributed by atoms with van der Waals surface area (Å²) in [6.45, 7) is 0. The van der Waals surface area contributed by atoms with Gasteiger partial charge in [0.15, 0.2) is 5.88 Å². The van der Waals surface area contributed by atoms with E-state index in [0.717, 1.165) is 6.07 Å². The van der Waals surface area contributed by atoms with Crippen LogP contribution in [-0.4, -0.2) is 31.8 Å². The monoisotopic (exact) mass is 295 g/mol. The number of nitrogens with zero attached hydrogens (tertiary/aromatic N) is 2. The van der Waals surface area contributed by atoms with Crippen molar-refractivity contribution in [3.05, 3.63) is 24.3 Å². The van der Waals surface area contributed by atoms with E-state index in [1.165, 1.54) is 18.2 Å². The molecule has 3 N–H and O–H groups in total. The molecular weight excluding hydrogens is 286 g/mol. The normalized spacial score (nSPS) is 12.8. The molecular formula is C7H9N3O6S2.